The van der Waals surface area contributed by atoms with Crippen LogP contribution in [0.5, 0.6) is 0 Å². The Morgan fingerprint density at radius 2 is 2.08 bits per heavy atom. The summed E-state index contributed by atoms with van der Waals surface area (Å²) in [5.74, 6) is -0.536. The Bertz CT molecular complexity index is 346. The van der Waals surface area contributed by atoms with Crippen LogP contribution in [0.15, 0.2) is 29.2 Å². The van der Waals surface area contributed by atoms with Gasteiger partial charge < -0.3 is 4.79 Å². The van der Waals surface area contributed by atoms with Gasteiger partial charge in [-0.15, -0.1) is 0 Å². The zero-order chi connectivity index (χ0) is 8.55. The van der Waals surface area contributed by atoms with Crippen molar-refractivity contribution in [2.75, 3.05) is 0 Å². The lowest BCUT2D eigenvalue weighted by atomic mass is 10.0. The van der Waals surface area contributed by atoms with E-state index in [-0.39, 0.29) is 5.12 Å². The number of rotatable bonds is 1. The Kier molecular flexibility index (Phi) is 1.73. The first-order valence-electron chi connectivity index (χ1n) is 3.59. The smallest absolute Gasteiger partial charge is 0.208 e. The summed E-state index contributed by atoms with van der Waals surface area (Å²) in [5.41, 5.74) is 0.850. The molecule has 0 bridgehead atoms. The number of carbonyl (C=O) groups is 2. The highest BCUT2D eigenvalue weighted by molar-refractivity contribution is 8.14. The van der Waals surface area contributed by atoms with Gasteiger partial charge in [-0.2, -0.15) is 0 Å². The van der Waals surface area contributed by atoms with E-state index in [1.54, 1.807) is 0 Å². The summed E-state index contributed by atoms with van der Waals surface area (Å²) in [7, 11) is 0. The molecule has 0 saturated heterocycles. The SMILES string of the molecule is O=CC1C(=O)Sc2ccccc21. The van der Waals surface area contributed by atoms with E-state index in [9.17, 15) is 9.59 Å². The van der Waals surface area contributed by atoms with Gasteiger partial charge in [-0.3, -0.25) is 4.79 Å². The summed E-state index contributed by atoms with van der Waals surface area (Å²) in [6, 6.07) is 7.40. The molecular formula is C9H6O2S. The average molecular weight is 178 g/mol. The third-order valence-electron chi connectivity index (χ3n) is 1.85. The van der Waals surface area contributed by atoms with Crippen molar-refractivity contribution in [3.63, 3.8) is 0 Å². The van der Waals surface area contributed by atoms with Gasteiger partial charge in [-0.25, -0.2) is 0 Å². The first-order chi connectivity index (χ1) is 5.83. The second-order valence-electron chi connectivity index (χ2n) is 2.57. The van der Waals surface area contributed by atoms with Gasteiger partial charge >= 0.3 is 0 Å². The van der Waals surface area contributed by atoms with Crippen LogP contribution in [0.2, 0.25) is 0 Å². The molecule has 0 radical (unpaired) electrons. The maximum Gasteiger partial charge on any atom is 0.208 e. The van der Waals surface area contributed by atoms with Crippen molar-refractivity contribution in [1.82, 2.24) is 0 Å². The first kappa shape index (κ1) is 7.55. The number of thioether (sulfide) groups is 1. The van der Waals surface area contributed by atoms with E-state index in [0.29, 0.717) is 6.29 Å². The molecule has 0 amide bonds. The van der Waals surface area contributed by atoms with Crippen LogP contribution >= 0.6 is 11.8 Å². The van der Waals surface area contributed by atoms with Crippen molar-refractivity contribution in [2.45, 2.75) is 10.8 Å². The van der Waals surface area contributed by atoms with Crippen LogP contribution in [0.1, 0.15) is 11.5 Å². The molecule has 1 atom stereocenters. The second-order valence-corrected chi connectivity index (χ2v) is 3.62. The minimum Gasteiger partial charge on any atom is -0.302 e. The first-order valence-corrected chi connectivity index (χ1v) is 4.40. The number of aldehydes is 1. The fraction of sp³-hybridized carbons (Fsp3) is 0.111. The van der Waals surface area contributed by atoms with Gasteiger partial charge in [0.15, 0.2) is 0 Å². The molecule has 1 unspecified atom stereocenters. The van der Waals surface area contributed by atoms with Crippen LogP contribution in [-0.4, -0.2) is 11.4 Å². The van der Waals surface area contributed by atoms with Crippen LogP contribution in [0.3, 0.4) is 0 Å². The van der Waals surface area contributed by atoms with Gasteiger partial charge in [0.05, 0.1) is 0 Å². The number of carbonyl (C=O) groups excluding carboxylic acids is 2. The van der Waals surface area contributed by atoms with Gasteiger partial charge in [-0.05, 0) is 11.6 Å². The van der Waals surface area contributed by atoms with E-state index in [2.05, 4.69) is 0 Å². The highest BCUT2D eigenvalue weighted by Gasteiger charge is 2.30. The Labute approximate surface area is 74.0 Å². The Hall–Kier alpha value is -1.09. The lowest BCUT2D eigenvalue weighted by molar-refractivity contribution is -0.117. The van der Waals surface area contributed by atoms with Crippen molar-refractivity contribution in [1.29, 1.82) is 0 Å². The zero-order valence-corrected chi connectivity index (χ0v) is 7.01. The molecule has 0 N–H and O–H groups in total. The third-order valence-corrected chi connectivity index (χ3v) is 2.90. The van der Waals surface area contributed by atoms with Crippen LogP contribution < -0.4 is 0 Å². The van der Waals surface area contributed by atoms with Crippen molar-refractivity contribution in [3.05, 3.63) is 29.8 Å². The molecule has 0 aliphatic carbocycles. The van der Waals surface area contributed by atoms with E-state index in [1.165, 1.54) is 0 Å². The van der Waals surface area contributed by atoms with Crippen LogP contribution in [0.4, 0.5) is 0 Å². The maximum atomic E-state index is 11.2. The molecule has 0 saturated carbocycles. The van der Waals surface area contributed by atoms with E-state index in [1.807, 2.05) is 24.3 Å². The molecule has 0 spiro atoms. The molecule has 1 aliphatic heterocycles. The number of hydrogen-bond acceptors (Lipinski definition) is 3. The monoisotopic (exact) mass is 178 g/mol. The number of hydrogen-bond donors (Lipinski definition) is 0. The quantitative estimate of drug-likeness (QED) is 0.484. The van der Waals surface area contributed by atoms with Gasteiger partial charge in [0, 0.05) is 4.90 Å². The summed E-state index contributed by atoms with van der Waals surface area (Å²) in [6.07, 6.45) is 0.709. The molecule has 0 fully saturated rings. The molecule has 0 aromatic heterocycles. The molecule has 2 rings (SSSR count). The summed E-state index contributed by atoms with van der Waals surface area (Å²) < 4.78 is 0. The third kappa shape index (κ3) is 0.975. The normalized spacial score (nSPS) is 20.7. The largest absolute Gasteiger partial charge is 0.302 e. The Morgan fingerprint density at radius 3 is 2.83 bits per heavy atom. The Balaban J connectivity index is 2.54. The maximum absolute atomic E-state index is 11.2. The predicted octanol–water partition coefficient (Wildman–Crippen LogP) is 1.60. The summed E-state index contributed by atoms with van der Waals surface area (Å²) in [6.45, 7) is 0. The van der Waals surface area contributed by atoms with Crippen molar-refractivity contribution < 1.29 is 9.59 Å². The molecular weight excluding hydrogens is 172 g/mol. The molecule has 1 aromatic rings. The highest BCUT2D eigenvalue weighted by atomic mass is 32.2. The number of fused-ring (bicyclic) bond motifs is 1. The topological polar surface area (TPSA) is 34.1 Å². The zero-order valence-electron chi connectivity index (χ0n) is 6.19. The van der Waals surface area contributed by atoms with Crippen LogP contribution in [0.25, 0.3) is 0 Å². The minimum absolute atomic E-state index is 0.0637. The predicted molar refractivity (Wildman–Crippen MR) is 46.1 cm³/mol. The van der Waals surface area contributed by atoms with Gasteiger partial charge in [0.25, 0.3) is 0 Å². The number of benzene rings is 1. The van der Waals surface area contributed by atoms with E-state index < -0.39 is 5.92 Å². The molecule has 1 heterocycles. The average Bonchev–Trinajstić information content (AvgIpc) is 2.40. The van der Waals surface area contributed by atoms with Crippen molar-refractivity contribution in [3.8, 4) is 0 Å². The van der Waals surface area contributed by atoms with Crippen molar-refractivity contribution in [2.24, 2.45) is 0 Å². The van der Waals surface area contributed by atoms with E-state index in [0.717, 1.165) is 22.2 Å². The van der Waals surface area contributed by atoms with Gasteiger partial charge in [0.1, 0.15) is 12.2 Å². The highest BCUT2D eigenvalue weighted by Crippen LogP contribution is 2.39. The molecule has 60 valence electrons. The minimum atomic E-state index is -0.536. The lowest BCUT2D eigenvalue weighted by Gasteiger charge is -1.97. The van der Waals surface area contributed by atoms with Gasteiger partial charge in [0.2, 0.25) is 5.12 Å². The lowest BCUT2D eigenvalue weighted by Crippen LogP contribution is -2.03. The summed E-state index contributed by atoms with van der Waals surface area (Å²) >= 11 is 1.15. The second kappa shape index (κ2) is 2.75. The van der Waals surface area contributed by atoms with Crippen LogP contribution in [-0.2, 0) is 9.59 Å². The molecule has 3 heteroatoms. The van der Waals surface area contributed by atoms with E-state index in [4.69, 9.17) is 0 Å². The molecule has 12 heavy (non-hydrogen) atoms. The summed E-state index contributed by atoms with van der Waals surface area (Å²) in [4.78, 5) is 22.7. The molecule has 1 aromatic carbocycles. The molecule has 1 aliphatic rings. The van der Waals surface area contributed by atoms with Crippen molar-refractivity contribution >= 4 is 23.2 Å². The molecule has 2 nitrogen and oxygen atoms in total. The van der Waals surface area contributed by atoms with E-state index >= 15 is 0 Å². The fourth-order valence-corrected chi connectivity index (χ4v) is 2.24. The Morgan fingerprint density at radius 1 is 1.33 bits per heavy atom. The standard InChI is InChI=1S/C9H6O2S/c10-5-7-6-3-1-2-4-8(6)12-9(7)11/h1-5,7H. The fourth-order valence-electron chi connectivity index (χ4n) is 1.26. The summed E-state index contributed by atoms with van der Waals surface area (Å²) in [5, 5.41) is -0.0637. The van der Waals surface area contributed by atoms with Gasteiger partial charge in [-0.1, -0.05) is 30.0 Å². The van der Waals surface area contributed by atoms with Crippen LogP contribution in [0, 0.1) is 0 Å².